The van der Waals surface area contributed by atoms with Crippen LogP contribution in [0.3, 0.4) is 0 Å². The minimum absolute atomic E-state index is 0.119. The Bertz CT molecular complexity index is 344. The Kier molecular flexibility index (Phi) is 6.32. The van der Waals surface area contributed by atoms with E-state index in [1.54, 1.807) is 9.80 Å². The Morgan fingerprint density at radius 2 is 1.62 bits per heavy atom. The number of aliphatic hydroxyl groups excluding tert-OH is 1. The van der Waals surface area contributed by atoms with Gasteiger partial charge in [0, 0.05) is 39.1 Å². The largest absolute Gasteiger partial charge is 0.390 e. The monoisotopic (exact) mass is 305 g/mol. The SMILES string of the molecule is O=C1CCCN1CC(O)CN1CCCN(CC(F)F)CC1. The zero-order valence-corrected chi connectivity index (χ0v) is 12.4. The molecule has 122 valence electrons. The van der Waals surface area contributed by atoms with E-state index in [9.17, 15) is 18.7 Å². The van der Waals surface area contributed by atoms with Gasteiger partial charge in [-0.15, -0.1) is 0 Å². The van der Waals surface area contributed by atoms with Crippen LogP contribution in [-0.2, 0) is 4.79 Å². The summed E-state index contributed by atoms with van der Waals surface area (Å²) in [6.07, 6.45) is -0.559. The molecule has 21 heavy (non-hydrogen) atoms. The second-order valence-electron chi connectivity index (χ2n) is 5.94. The summed E-state index contributed by atoms with van der Waals surface area (Å²) in [6, 6.07) is 0. The number of rotatable bonds is 6. The third-order valence-electron chi connectivity index (χ3n) is 4.15. The quantitative estimate of drug-likeness (QED) is 0.764. The molecule has 2 rings (SSSR count). The van der Waals surface area contributed by atoms with Gasteiger partial charge in [-0.1, -0.05) is 0 Å². The van der Waals surface area contributed by atoms with Crippen LogP contribution < -0.4 is 0 Å². The van der Waals surface area contributed by atoms with E-state index in [2.05, 4.69) is 4.90 Å². The van der Waals surface area contributed by atoms with E-state index in [-0.39, 0.29) is 12.5 Å². The predicted octanol–water partition coefficient (Wildman–Crippen LogP) is 0.243. The molecule has 0 aromatic rings. The first kappa shape index (κ1) is 16.6. The summed E-state index contributed by atoms with van der Waals surface area (Å²) >= 11 is 0. The van der Waals surface area contributed by atoms with Crippen molar-refractivity contribution in [2.45, 2.75) is 31.8 Å². The molecule has 0 bridgehead atoms. The Morgan fingerprint density at radius 1 is 0.952 bits per heavy atom. The van der Waals surface area contributed by atoms with Gasteiger partial charge in [-0.25, -0.2) is 8.78 Å². The van der Waals surface area contributed by atoms with E-state index < -0.39 is 12.5 Å². The van der Waals surface area contributed by atoms with Crippen molar-refractivity contribution in [2.75, 3.05) is 52.4 Å². The first-order chi connectivity index (χ1) is 10.0. The highest BCUT2D eigenvalue weighted by atomic mass is 19.3. The highest BCUT2D eigenvalue weighted by Gasteiger charge is 2.24. The fourth-order valence-electron chi connectivity index (χ4n) is 3.09. The lowest BCUT2D eigenvalue weighted by molar-refractivity contribution is -0.129. The standard InChI is InChI=1S/C14H25F2N3O2/c15-13(16)11-18-5-2-4-17(7-8-18)9-12(20)10-19-6-1-3-14(19)21/h12-13,20H,1-11H2. The van der Waals surface area contributed by atoms with E-state index in [1.807, 2.05) is 0 Å². The van der Waals surface area contributed by atoms with Gasteiger partial charge in [-0.2, -0.15) is 0 Å². The van der Waals surface area contributed by atoms with Crippen LogP contribution in [0.1, 0.15) is 19.3 Å². The average molecular weight is 305 g/mol. The summed E-state index contributed by atoms with van der Waals surface area (Å²) in [5.41, 5.74) is 0. The first-order valence-corrected chi connectivity index (χ1v) is 7.73. The normalized spacial score (nSPS) is 23.8. The number of amides is 1. The van der Waals surface area contributed by atoms with Crippen LogP contribution in [0.15, 0.2) is 0 Å². The lowest BCUT2D eigenvalue weighted by atomic mass is 10.3. The molecule has 0 aliphatic carbocycles. The molecular weight excluding hydrogens is 280 g/mol. The number of hydrogen-bond acceptors (Lipinski definition) is 4. The maximum absolute atomic E-state index is 12.4. The van der Waals surface area contributed by atoms with Gasteiger partial charge in [0.25, 0.3) is 6.43 Å². The number of likely N-dealkylation sites (tertiary alicyclic amines) is 1. The van der Waals surface area contributed by atoms with Gasteiger partial charge >= 0.3 is 0 Å². The van der Waals surface area contributed by atoms with E-state index in [0.29, 0.717) is 39.1 Å². The first-order valence-electron chi connectivity index (χ1n) is 7.73. The molecule has 0 spiro atoms. The number of hydrogen-bond donors (Lipinski definition) is 1. The van der Waals surface area contributed by atoms with E-state index >= 15 is 0 Å². The number of carbonyl (C=O) groups excluding carboxylic acids is 1. The fraction of sp³-hybridized carbons (Fsp3) is 0.929. The molecule has 0 aromatic carbocycles. The number of nitrogens with zero attached hydrogens (tertiary/aromatic N) is 3. The molecule has 1 N–H and O–H groups in total. The molecule has 7 heteroatoms. The van der Waals surface area contributed by atoms with E-state index in [1.165, 1.54) is 0 Å². The van der Waals surface area contributed by atoms with Crippen molar-refractivity contribution in [3.8, 4) is 0 Å². The Hall–Kier alpha value is -0.790. The van der Waals surface area contributed by atoms with Crippen LogP contribution in [0.5, 0.6) is 0 Å². The molecule has 1 unspecified atom stereocenters. The minimum Gasteiger partial charge on any atom is -0.390 e. The maximum atomic E-state index is 12.4. The van der Waals surface area contributed by atoms with Gasteiger partial charge in [-0.3, -0.25) is 14.6 Å². The minimum atomic E-state index is -2.29. The van der Waals surface area contributed by atoms with Crippen molar-refractivity contribution >= 4 is 5.91 Å². The summed E-state index contributed by atoms with van der Waals surface area (Å²) in [4.78, 5) is 17.1. The summed E-state index contributed by atoms with van der Waals surface area (Å²) in [5, 5.41) is 10.1. The van der Waals surface area contributed by atoms with Crippen LogP contribution in [-0.4, -0.2) is 90.6 Å². The van der Waals surface area contributed by atoms with Crippen molar-refractivity contribution in [2.24, 2.45) is 0 Å². The number of aliphatic hydroxyl groups is 1. The zero-order valence-electron chi connectivity index (χ0n) is 12.4. The fourth-order valence-corrected chi connectivity index (χ4v) is 3.09. The van der Waals surface area contributed by atoms with Crippen molar-refractivity contribution in [3.05, 3.63) is 0 Å². The van der Waals surface area contributed by atoms with Crippen molar-refractivity contribution in [1.29, 1.82) is 0 Å². The van der Waals surface area contributed by atoms with Gasteiger partial charge in [0.05, 0.1) is 12.6 Å². The lowest BCUT2D eigenvalue weighted by Gasteiger charge is -2.26. The zero-order chi connectivity index (χ0) is 15.2. The molecule has 2 heterocycles. The second kappa shape index (κ2) is 8.00. The average Bonchev–Trinajstić information content (AvgIpc) is 2.67. The topological polar surface area (TPSA) is 47.0 Å². The molecule has 2 aliphatic rings. The van der Waals surface area contributed by atoms with Gasteiger partial charge in [0.15, 0.2) is 0 Å². The summed E-state index contributed by atoms with van der Waals surface area (Å²) in [5.74, 6) is 0.119. The maximum Gasteiger partial charge on any atom is 0.251 e. The van der Waals surface area contributed by atoms with Crippen LogP contribution in [0.25, 0.3) is 0 Å². The van der Waals surface area contributed by atoms with Gasteiger partial charge in [0.2, 0.25) is 5.91 Å². The second-order valence-corrected chi connectivity index (χ2v) is 5.94. The predicted molar refractivity (Wildman–Crippen MR) is 75.3 cm³/mol. The molecule has 0 radical (unpaired) electrons. The summed E-state index contributed by atoms with van der Waals surface area (Å²) in [7, 11) is 0. The molecular formula is C14H25F2N3O2. The number of halogens is 2. The molecule has 2 saturated heterocycles. The van der Waals surface area contributed by atoms with Gasteiger partial charge in [0.1, 0.15) is 0 Å². The van der Waals surface area contributed by atoms with E-state index in [4.69, 9.17) is 0 Å². The van der Waals surface area contributed by atoms with E-state index in [0.717, 1.165) is 25.9 Å². The third-order valence-corrected chi connectivity index (χ3v) is 4.15. The Morgan fingerprint density at radius 3 is 2.19 bits per heavy atom. The third kappa shape index (κ3) is 5.48. The highest BCUT2D eigenvalue weighted by molar-refractivity contribution is 5.78. The molecule has 1 amide bonds. The van der Waals surface area contributed by atoms with Crippen LogP contribution in [0, 0.1) is 0 Å². The molecule has 5 nitrogen and oxygen atoms in total. The van der Waals surface area contributed by atoms with Gasteiger partial charge < -0.3 is 10.0 Å². The number of alkyl halides is 2. The van der Waals surface area contributed by atoms with Crippen molar-refractivity contribution in [1.82, 2.24) is 14.7 Å². The lowest BCUT2D eigenvalue weighted by Crippen LogP contribution is -2.42. The van der Waals surface area contributed by atoms with Crippen molar-refractivity contribution < 1.29 is 18.7 Å². The number of β-amino-alcohol motifs (C(OH)–C–C–N with tert-alkyl or cyclic N) is 1. The van der Waals surface area contributed by atoms with Crippen LogP contribution >= 0.6 is 0 Å². The number of carbonyl (C=O) groups is 1. The molecule has 1 atom stereocenters. The van der Waals surface area contributed by atoms with Gasteiger partial charge in [-0.05, 0) is 25.9 Å². The molecule has 2 fully saturated rings. The smallest absolute Gasteiger partial charge is 0.251 e. The summed E-state index contributed by atoms with van der Waals surface area (Å²) < 4.78 is 24.8. The Labute approximate surface area is 124 Å². The highest BCUT2D eigenvalue weighted by Crippen LogP contribution is 2.11. The summed E-state index contributed by atoms with van der Waals surface area (Å²) in [6.45, 7) is 4.25. The molecule has 2 aliphatic heterocycles. The van der Waals surface area contributed by atoms with Crippen molar-refractivity contribution in [3.63, 3.8) is 0 Å². The Balaban J connectivity index is 1.71. The van der Waals surface area contributed by atoms with Crippen LogP contribution in [0.2, 0.25) is 0 Å². The van der Waals surface area contributed by atoms with Crippen LogP contribution in [0.4, 0.5) is 8.78 Å². The molecule has 0 aromatic heterocycles. The molecule has 0 saturated carbocycles.